The van der Waals surface area contributed by atoms with Crippen LogP contribution in [-0.2, 0) is 4.74 Å². The van der Waals surface area contributed by atoms with Gasteiger partial charge in [-0.1, -0.05) is 0 Å². The van der Waals surface area contributed by atoms with Gasteiger partial charge in [-0.25, -0.2) is 9.97 Å². The van der Waals surface area contributed by atoms with Gasteiger partial charge >= 0.3 is 0 Å². The number of piperidine rings is 1. The largest absolute Gasteiger partial charge is 0.383 e. The van der Waals surface area contributed by atoms with Crippen molar-refractivity contribution in [2.45, 2.75) is 19.3 Å². The molecule has 3 heterocycles. The summed E-state index contributed by atoms with van der Waals surface area (Å²) in [5, 5.41) is 0. The summed E-state index contributed by atoms with van der Waals surface area (Å²) in [6.07, 6.45) is 7.54. The van der Waals surface area contributed by atoms with Crippen LogP contribution < -0.4 is 4.90 Å². The lowest BCUT2D eigenvalue weighted by molar-refractivity contribution is 0.148. The zero-order valence-corrected chi connectivity index (χ0v) is 12.3. The van der Waals surface area contributed by atoms with Crippen molar-refractivity contribution < 1.29 is 4.74 Å². The van der Waals surface area contributed by atoms with Gasteiger partial charge in [-0.2, -0.15) is 0 Å². The van der Waals surface area contributed by atoms with E-state index in [0.717, 1.165) is 32.2 Å². The third-order valence-corrected chi connectivity index (χ3v) is 4.63. The topological polar surface area (TPSA) is 41.5 Å². The van der Waals surface area contributed by atoms with Gasteiger partial charge in [-0.05, 0) is 31.9 Å². The lowest BCUT2D eigenvalue weighted by atomic mass is 9.79. The average molecular weight is 276 g/mol. The Labute approximate surface area is 121 Å². The molecular weight excluding hydrogens is 252 g/mol. The van der Waals surface area contributed by atoms with Gasteiger partial charge in [0.2, 0.25) is 5.95 Å². The molecule has 1 aromatic rings. The first-order valence-corrected chi connectivity index (χ1v) is 7.55. The Balaban J connectivity index is 1.64. The van der Waals surface area contributed by atoms with Gasteiger partial charge in [0.15, 0.2) is 0 Å². The number of methoxy groups -OCH3 is 1. The van der Waals surface area contributed by atoms with Gasteiger partial charge in [0, 0.05) is 51.1 Å². The minimum Gasteiger partial charge on any atom is -0.383 e. The lowest BCUT2D eigenvalue weighted by Crippen LogP contribution is -2.45. The van der Waals surface area contributed by atoms with Crippen molar-refractivity contribution >= 4 is 5.95 Å². The van der Waals surface area contributed by atoms with Crippen LogP contribution in [0.4, 0.5) is 5.95 Å². The number of hydrogen-bond donors (Lipinski definition) is 0. The van der Waals surface area contributed by atoms with Gasteiger partial charge in [-0.15, -0.1) is 0 Å². The lowest BCUT2D eigenvalue weighted by Gasteiger charge is -2.40. The van der Waals surface area contributed by atoms with Gasteiger partial charge in [0.05, 0.1) is 6.61 Å². The molecule has 20 heavy (non-hydrogen) atoms. The van der Waals surface area contributed by atoms with Crippen LogP contribution in [0.25, 0.3) is 0 Å². The Hall–Kier alpha value is -1.20. The Kier molecular flexibility index (Phi) is 4.17. The smallest absolute Gasteiger partial charge is 0.225 e. The van der Waals surface area contributed by atoms with Crippen molar-refractivity contribution in [2.75, 3.05) is 51.3 Å². The van der Waals surface area contributed by atoms with E-state index in [1.165, 1.54) is 32.4 Å². The van der Waals surface area contributed by atoms with E-state index in [1.54, 1.807) is 7.11 Å². The molecule has 0 N–H and O–H groups in total. The first kappa shape index (κ1) is 13.8. The second-order valence-corrected chi connectivity index (χ2v) is 6.09. The maximum Gasteiger partial charge on any atom is 0.225 e. The molecule has 2 aliphatic heterocycles. The van der Waals surface area contributed by atoms with E-state index < -0.39 is 0 Å². The highest BCUT2D eigenvalue weighted by Crippen LogP contribution is 2.39. The summed E-state index contributed by atoms with van der Waals surface area (Å²) < 4.78 is 5.20. The second-order valence-electron chi connectivity index (χ2n) is 6.09. The van der Waals surface area contributed by atoms with E-state index in [4.69, 9.17) is 4.74 Å². The summed E-state index contributed by atoms with van der Waals surface area (Å²) in [5.41, 5.74) is 0.436. The molecule has 110 valence electrons. The molecule has 0 saturated carbocycles. The molecule has 0 radical (unpaired) electrons. The van der Waals surface area contributed by atoms with Crippen LogP contribution in [0.3, 0.4) is 0 Å². The van der Waals surface area contributed by atoms with Crippen LogP contribution in [-0.4, -0.2) is 61.3 Å². The van der Waals surface area contributed by atoms with Crippen molar-refractivity contribution in [1.29, 1.82) is 0 Å². The molecule has 2 aliphatic rings. The third-order valence-electron chi connectivity index (χ3n) is 4.63. The number of rotatable bonds is 4. The fourth-order valence-corrected chi connectivity index (χ4v) is 3.61. The predicted molar refractivity (Wildman–Crippen MR) is 78.8 cm³/mol. The number of aromatic nitrogens is 2. The van der Waals surface area contributed by atoms with Crippen LogP contribution in [0.15, 0.2) is 18.5 Å². The fourth-order valence-electron chi connectivity index (χ4n) is 3.61. The van der Waals surface area contributed by atoms with Crippen molar-refractivity contribution in [3.8, 4) is 0 Å². The average Bonchev–Trinajstić information content (AvgIpc) is 2.89. The van der Waals surface area contributed by atoms with Gasteiger partial charge in [0.25, 0.3) is 0 Å². The zero-order valence-electron chi connectivity index (χ0n) is 12.3. The van der Waals surface area contributed by atoms with Crippen LogP contribution in [0.1, 0.15) is 19.3 Å². The van der Waals surface area contributed by atoms with E-state index >= 15 is 0 Å². The maximum absolute atomic E-state index is 5.20. The summed E-state index contributed by atoms with van der Waals surface area (Å²) in [6.45, 7) is 6.47. The monoisotopic (exact) mass is 276 g/mol. The highest BCUT2D eigenvalue weighted by molar-refractivity contribution is 5.30. The molecular formula is C15H24N4O. The molecule has 5 heteroatoms. The standard InChI is InChI=1S/C15H24N4O/c1-20-11-10-18-9-5-15(12-18)4-2-8-19(13-15)14-16-6-3-7-17-14/h3,6-7H,2,4-5,8-13H2,1H3/t15-/m0/s1. The van der Waals surface area contributed by atoms with Crippen LogP contribution in [0.2, 0.25) is 0 Å². The Bertz CT molecular complexity index is 427. The van der Waals surface area contributed by atoms with E-state index in [1.807, 2.05) is 18.5 Å². The highest BCUT2D eigenvalue weighted by Gasteiger charge is 2.41. The van der Waals surface area contributed by atoms with Crippen LogP contribution >= 0.6 is 0 Å². The predicted octanol–water partition coefficient (Wildman–Crippen LogP) is 1.42. The van der Waals surface area contributed by atoms with Crippen molar-refractivity contribution in [3.05, 3.63) is 18.5 Å². The number of likely N-dealkylation sites (tertiary alicyclic amines) is 1. The number of hydrogen-bond acceptors (Lipinski definition) is 5. The molecule has 0 unspecified atom stereocenters. The first-order valence-electron chi connectivity index (χ1n) is 7.55. The SMILES string of the molecule is COCCN1CC[C@@]2(CCCN(c3ncccn3)C2)C1. The molecule has 1 spiro atoms. The van der Waals surface area contributed by atoms with E-state index in [2.05, 4.69) is 19.8 Å². The number of anilines is 1. The minimum atomic E-state index is 0.436. The minimum absolute atomic E-state index is 0.436. The molecule has 0 amide bonds. The van der Waals surface area contributed by atoms with Gasteiger partial charge in [-0.3, -0.25) is 0 Å². The molecule has 3 rings (SSSR count). The summed E-state index contributed by atoms with van der Waals surface area (Å²) in [7, 11) is 1.78. The fraction of sp³-hybridized carbons (Fsp3) is 0.733. The second kappa shape index (κ2) is 6.06. The van der Waals surface area contributed by atoms with Crippen LogP contribution in [0, 0.1) is 5.41 Å². The molecule has 1 aromatic heterocycles. The summed E-state index contributed by atoms with van der Waals surface area (Å²) in [5.74, 6) is 0.891. The first-order chi connectivity index (χ1) is 9.81. The molecule has 0 aliphatic carbocycles. The number of nitrogens with zero attached hydrogens (tertiary/aromatic N) is 4. The normalized spacial score (nSPS) is 27.4. The van der Waals surface area contributed by atoms with Crippen molar-refractivity contribution in [2.24, 2.45) is 5.41 Å². The molecule has 5 nitrogen and oxygen atoms in total. The Morgan fingerprint density at radius 1 is 1.20 bits per heavy atom. The summed E-state index contributed by atoms with van der Waals surface area (Å²) >= 11 is 0. The van der Waals surface area contributed by atoms with Gasteiger partial charge < -0.3 is 14.5 Å². The number of ether oxygens (including phenoxy) is 1. The molecule has 0 aromatic carbocycles. The van der Waals surface area contributed by atoms with E-state index in [9.17, 15) is 0 Å². The molecule has 0 bridgehead atoms. The quantitative estimate of drug-likeness (QED) is 0.832. The Morgan fingerprint density at radius 2 is 2.05 bits per heavy atom. The highest BCUT2D eigenvalue weighted by atomic mass is 16.5. The van der Waals surface area contributed by atoms with E-state index in [0.29, 0.717) is 5.41 Å². The molecule has 2 fully saturated rings. The molecule has 2 saturated heterocycles. The van der Waals surface area contributed by atoms with E-state index in [-0.39, 0.29) is 0 Å². The van der Waals surface area contributed by atoms with Gasteiger partial charge in [0.1, 0.15) is 0 Å². The van der Waals surface area contributed by atoms with Crippen molar-refractivity contribution in [3.63, 3.8) is 0 Å². The maximum atomic E-state index is 5.20. The molecule has 1 atom stereocenters. The Morgan fingerprint density at radius 3 is 2.85 bits per heavy atom. The summed E-state index contributed by atoms with van der Waals surface area (Å²) in [4.78, 5) is 13.7. The summed E-state index contributed by atoms with van der Waals surface area (Å²) in [6, 6.07) is 1.88. The van der Waals surface area contributed by atoms with Crippen molar-refractivity contribution in [1.82, 2.24) is 14.9 Å². The zero-order chi connectivity index (χ0) is 13.8. The third kappa shape index (κ3) is 2.94. The van der Waals surface area contributed by atoms with Crippen LogP contribution in [0.5, 0.6) is 0 Å².